The largest absolute Gasteiger partial charge is 0.444 e. The molecule has 2 aliphatic rings. The van der Waals surface area contributed by atoms with Gasteiger partial charge in [0.25, 0.3) is 0 Å². The van der Waals surface area contributed by atoms with Crippen molar-refractivity contribution in [3.63, 3.8) is 0 Å². The van der Waals surface area contributed by atoms with Gasteiger partial charge in [-0.3, -0.25) is 4.79 Å². The Morgan fingerprint density at radius 3 is 2.44 bits per heavy atom. The Bertz CT molecular complexity index is 628. The molecule has 8 heteroatoms. The van der Waals surface area contributed by atoms with E-state index in [1.807, 2.05) is 31.9 Å². The van der Waals surface area contributed by atoms with Crippen LogP contribution in [0.3, 0.4) is 0 Å². The minimum atomic E-state index is -0.496. The molecule has 0 N–H and O–H groups in total. The molecule has 3 rings (SSSR count). The Hall–Kier alpha value is -1.70. The van der Waals surface area contributed by atoms with E-state index in [2.05, 4.69) is 9.55 Å². The second kappa shape index (κ2) is 7.27. The molecule has 0 atom stereocenters. The van der Waals surface area contributed by atoms with Crippen LogP contribution in [-0.2, 0) is 9.53 Å². The maximum atomic E-state index is 12.4. The van der Waals surface area contributed by atoms with Crippen molar-refractivity contribution in [2.75, 3.05) is 31.9 Å². The number of hydrogen-bond donors (Lipinski definition) is 0. The molecule has 2 fully saturated rings. The smallest absolute Gasteiger partial charge is 0.410 e. The molecule has 0 aromatic carbocycles. The van der Waals surface area contributed by atoms with Crippen LogP contribution in [-0.4, -0.2) is 68.9 Å². The molecule has 0 unspecified atom stereocenters. The number of nitrogens with zero attached hydrogens (tertiary/aromatic N) is 4. The maximum absolute atomic E-state index is 12.4. The lowest BCUT2D eigenvalue weighted by Gasteiger charge is -2.35. The van der Waals surface area contributed by atoms with Gasteiger partial charge in [0.1, 0.15) is 5.60 Å². The molecule has 1 aliphatic heterocycles. The number of thioether (sulfide) groups is 1. The first-order valence-corrected chi connectivity index (χ1v) is 9.73. The molecule has 1 saturated heterocycles. The highest BCUT2D eigenvalue weighted by Crippen LogP contribution is 2.37. The quantitative estimate of drug-likeness (QED) is 0.766. The molecule has 0 radical (unpaired) electrons. The Labute approximate surface area is 152 Å². The van der Waals surface area contributed by atoms with Crippen molar-refractivity contribution in [3.05, 3.63) is 12.4 Å². The molecule has 25 heavy (non-hydrogen) atoms. The number of amides is 2. The van der Waals surface area contributed by atoms with Gasteiger partial charge in [0.2, 0.25) is 5.91 Å². The van der Waals surface area contributed by atoms with Crippen molar-refractivity contribution < 1.29 is 14.3 Å². The summed E-state index contributed by atoms with van der Waals surface area (Å²) >= 11 is 1.49. The summed E-state index contributed by atoms with van der Waals surface area (Å²) in [7, 11) is 0. The first-order valence-electron chi connectivity index (χ1n) is 8.75. The van der Waals surface area contributed by atoms with Gasteiger partial charge < -0.3 is 19.1 Å². The van der Waals surface area contributed by atoms with Crippen molar-refractivity contribution in [2.45, 2.75) is 50.4 Å². The lowest BCUT2D eigenvalue weighted by atomic mass is 10.2. The predicted octanol–water partition coefficient (Wildman–Crippen LogP) is 2.39. The summed E-state index contributed by atoms with van der Waals surface area (Å²) in [5, 5.41) is 0.920. The van der Waals surface area contributed by atoms with E-state index in [4.69, 9.17) is 4.74 Å². The monoisotopic (exact) mass is 366 g/mol. The molecule has 0 spiro atoms. The fourth-order valence-electron chi connectivity index (χ4n) is 2.72. The summed E-state index contributed by atoms with van der Waals surface area (Å²) in [4.78, 5) is 32.3. The van der Waals surface area contributed by atoms with Gasteiger partial charge in [-0.2, -0.15) is 0 Å². The Morgan fingerprint density at radius 2 is 1.84 bits per heavy atom. The summed E-state index contributed by atoms with van der Waals surface area (Å²) in [5.74, 6) is 0.482. The van der Waals surface area contributed by atoms with Gasteiger partial charge in [-0.15, -0.1) is 0 Å². The summed E-state index contributed by atoms with van der Waals surface area (Å²) in [5.41, 5.74) is -0.496. The predicted molar refractivity (Wildman–Crippen MR) is 95.6 cm³/mol. The standard InChI is InChI=1S/C17H26N4O3S/c1-17(2,3)24-16(23)20-10-8-19(9-11-20)14(22)12-25-15-18-6-7-21(15)13-4-5-13/h6-7,13H,4-5,8-12H2,1-3H3. The van der Waals surface area contributed by atoms with Gasteiger partial charge in [0, 0.05) is 44.6 Å². The summed E-state index contributed by atoms with van der Waals surface area (Å²) in [6, 6.07) is 0.567. The van der Waals surface area contributed by atoms with Crippen LogP contribution in [0.1, 0.15) is 39.7 Å². The number of ether oxygens (including phenoxy) is 1. The lowest BCUT2D eigenvalue weighted by Crippen LogP contribution is -2.52. The average Bonchev–Trinajstić information content (AvgIpc) is 3.29. The second-order valence-corrected chi connectivity index (χ2v) is 8.43. The molecule has 2 heterocycles. The normalized spacial score (nSPS) is 18.4. The van der Waals surface area contributed by atoms with Crippen LogP contribution in [0.2, 0.25) is 0 Å². The van der Waals surface area contributed by atoms with Crippen LogP contribution in [0, 0.1) is 0 Å². The van der Waals surface area contributed by atoms with E-state index in [1.165, 1.54) is 24.6 Å². The molecule has 7 nitrogen and oxygen atoms in total. The first kappa shape index (κ1) is 18.1. The second-order valence-electron chi connectivity index (χ2n) is 7.49. The van der Waals surface area contributed by atoms with E-state index in [0.717, 1.165) is 5.16 Å². The third kappa shape index (κ3) is 4.90. The molecular formula is C17H26N4O3S. The summed E-state index contributed by atoms with van der Waals surface area (Å²) in [6.45, 7) is 7.70. The van der Waals surface area contributed by atoms with Gasteiger partial charge in [0.15, 0.2) is 5.16 Å². The number of imidazole rings is 1. The van der Waals surface area contributed by atoms with Crippen LogP contribution in [0.5, 0.6) is 0 Å². The number of hydrogen-bond acceptors (Lipinski definition) is 5. The molecule has 0 bridgehead atoms. The minimum Gasteiger partial charge on any atom is -0.444 e. The SMILES string of the molecule is CC(C)(C)OC(=O)N1CCN(C(=O)CSc2nccn2C2CC2)CC1. The van der Waals surface area contributed by atoms with Crippen molar-refractivity contribution in [1.29, 1.82) is 0 Å². The zero-order valence-corrected chi connectivity index (χ0v) is 15.9. The number of rotatable bonds is 4. The van der Waals surface area contributed by atoms with Crippen molar-refractivity contribution in [3.8, 4) is 0 Å². The van der Waals surface area contributed by atoms with Gasteiger partial charge >= 0.3 is 6.09 Å². The Morgan fingerprint density at radius 1 is 1.20 bits per heavy atom. The topological polar surface area (TPSA) is 67.7 Å². The van der Waals surface area contributed by atoms with Crippen LogP contribution < -0.4 is 0 Å². The first-order chi connectivity index (χ1) is 11.8. The van der Waals surface area contributed by atoms with Crippen molar-refractivity contribution >= 4 is 23.8 Å². The Kier molecular flexibility index (Phi) is 5.27. The highest BCUT2D eigenvalue weighted by molar-refractivity contribution is 7.99. The molecule has 138 valence electrons. The number of carbonyl (C=O) groups is 2. The van der Waals surface area contributed by atoms with E-state index in [0.29, 0.717) is 38.0 Å². The number of carbonyl (C=O) groups excluding carboxylic acids is 2. The fraction of sp³-hybridized carbons (Fsp3) is 0.706. The number of aromatic nitrogens is 2. The molecule has 1 saturated carbocycles. The third-order valence-corrected chi connectivity index (χ3v) is 5.15. The minimum absolute atomic E-state index is 0.0965. The molecular weight excluding hydrogens is 340 g/mol. The van der Waals surface area contributed by atoms with E-state index in [9.17, 15) is 9.59 Å². The molecule has 1 aliphatic carbocycles. The van der Waals surface area contributed by atoms with Crippen LogP contribution in [0.25, 0.3) is 0 Å². The van der Waals surface area contributed by atoms with Crippen molar-refractivity contribution in [1.82, 2.24) is 19.4 Å². The van der Waals surface area contributed by atoms with E-state index in [-0.39, 0.29) is 12.0 Å². The zero-order valence-electron chi connectivity index (χ0n) is 15.1. The number of piperazine rings is 1. The van der Waals surface area contributed by atoms with Gasteiger partial charge in [-0.05, 0) is 33.6 Å². The van der Waals surface area contributed by atoms with Crippen LogP contribution >= 0.6 is 11.8 Å². The van der Waals surface area contributed by atoms with Gasteiger partial charge in [0.05, 0.1) is 5.75 Å². The summed E-state index contributed by atoms with van der Waals surface area (Å²) in [6.07, 6.45) is 5.88. The fourth-order valence-corrected chi connectivity index (χ4v) is 3.65. The maximum Gasteiger partial charge on any atom is 0.410 e. The summed E-state index contributed by atoms with van der Waals surface area (Å²) < 4.78 is 7.54. The van der Waals surface area contributed by atoms with E-state index < -0.39 is 5.60 Å². The Balaban J connectivity index is 1.44. The van der Waals surface area contributed by atoms with E-state index in [1.54, 1.807) is 11.1 Å². The van der Waals surface area contributed by atoms with Crippen LogP contribution in [0.15, 0.2) is 17.6 Å². The van der Waals surface area contributed by atoms with E-state index >= 15 is 0 Å². The zero-order chi connectivity index (χ0) is 18.0. The molecule has 1 aromatic rings. The van der Waals surface area contributed by atoms with Crippen molar-refractivity contribution in [2.24, 2.45) is 0 Å². The highest BCUT2D eigenvalue weighted by Gasteiger charge is 2.29. The van der Waals surface area contributed by atoms with Crippen LogP contribution in [0.4, 0.5) is 4.79 Å². The van der Waals surface area contributed by atoms with Gasteiger partial charge in [-0.1, -0.05) is 11.8 Å². The average molecular weight is 366 g/mol. The lowest BCUT2D eigenvalue weighted by molar-refractivity contribution is -0.130. The van der Waals surface area contributed by atoms with Gasteiger partial charge in [-0.25, -0.2) is 9.78 Å². The third-order valence-electron chi connectivity index (χ3n) is 4.18. The highest BCUT2D eigenvalue weighted by atomic mass is 32.2. The molecule has 1 aromatic heterocycles. The molecule has 2 amide bonds.